The highest BCUT2D eigenvalue weighted by Gasteiger charge is 2.40. The van der Waals surface area contributed by atoms with E-state index >= 15 is 0 Å². The van der Waals surface area contributed by atoms with Crippen molar-refractivity contribution in [2.75, 3.05) is 6.54 Å². The SMILES string of the molecule is CC(=O)c1cc(CC(=O)N2C[C@H](F)C[C@H]2C(=O)NCc2cccc(C)c2F)c2cccccc1-2. The summed E-state index contributed by atoms with van der Waals surface area (Å²) in [6.07, 6.45) is -1.49. The minimum Gasteiger partial charge on any atom is -0.350 e. The number of rotatable bonds is 6. The van der Waals surface area contributed by atoms with Crippen molar-refractivity contribution in [3.63, 3.8) is 0 Å². The van der Waals surface area contributed by atoms with Gasteiger partial charge < -0.3 is 10.2 Å². The third-order valence-corrected chi connectivity index (χ3v) is 6.31. The Morgan fingerprint density at radius 1 is 1.03 bits per heavy atom. The first-order chi connectivity index (χ1) is 16.3. The quantitative estimate of drug-likeness (QED) is 0.555. The minimum atomic E-state index is -1.32. The first-order valence-corrected chi connectivity index (χ1v) is 11.2. The summed E-state index contributed by atoms with van der Waals surface area (Å²) in [4.78, 5) is 39.4. The molecule has 1 saturated heterocycles. The first kappa shape index (κ1) is 23.5. The van der Waals surface area contributed by atoms with Crippen LogP contribution in [0.1, 0.15) is 40.4 Å². The molecule has 1 N–H and O–H groups in total. The fourth-order valence-corrected chi connectivity index (χ4v) is 4.55. The average Bonchev–Trinajstić information content (AvgIpc) is 3.25. The lowest BCUT2D eigenvalue weighted by molar-refractivity contribution is -0.138. The zero-order chi connectivity index (χ0) is 24.4. The molecule has 3 aliphatic rings. The van der Waals surface area contributed by atoms with Crippen molar-refractivity contribution < 1.29 is 23.2 Å². The van der Waals surface area contributed by atoms with Crippen molar-refractivity contribution in [2.45, 2.75) is 45.4 Å². The van der Waals surface area contributed by atoms with Crippen LogP contribution in [0.2, 0.25) is 0 Å². The number of carbonyl (C=O) groups is 3. The molecule has 2 atom stereocenters. The molecule has 0 unspecified atom stereocenters. The van der Waals surface area contributed by atoms with Gasteiger partial charge in [-0.2, -0.15) is 0 Å². The van der Waals surface area contributed by atoms with Gasteiger partial charge in [0, 0.05) is 24.1 Å². The number of alkyl halides is 1. The fourth-order valence-electron chi connectivity index (χ4n) is 4.55. The normalized spacial score (nSPS) is 17.7. The summed E-state index contributed by atoms with van der Waals surface area (Å²) in [6, 6.07) is 14.8. The topological polar surface area (TPSA) is 66.5 Å². The van der Waals surface area contributed by atoms with E-state index in [0.29, 0.717) is 22.3 Å². The van der Waals surface area contributed by atoms with Crippen LogP contribution in [0.15, 0.2) is 54.6 Å². The molecule has 5 nitrogen and oxygen atoms in total. The zero-order valence-corrected chi connectivity index (χ0v) is 19.1. The highest BCUT2D eigenvalue weighted by molar-refractivity contribution is 6.04. The molecular weight excluding hydrogens is 438 g/mol. The number of hydrogen-bond acceptors (Lipinski definition) is 3. The van der Waals surface area contributed by atoms with Crippen molar-refractivity contribution in [3.05, 3.63) is 82.7 Å². The second kappa shape index (κ2) is 9.71. The molecule has 176 valence electrons. The number of halogens is 2. The molecule has 1 heterocycles. The predicted octanol–water partition coefficient (Wildman–Crippen LogP) is 4.24. The van der Waals surface area contributed by atoms with E-state index in [2.05, 4.69) is 5.32 Å². The number of amides is 2. The van der Waals surface area contributed by atoms with Crippen molar-refractivity contribution in [3.8, 4) is 11.1 Å². The van der Waals surface area contributed by atoms with E-state index in [9.17, 15) is 23.2 Å². The van der Waals surface area contributed by atoms with Gasteiger partial charge in [0.1, 0.15) is 18.0 Å². The monoisotopic (exact) mass is 464 g/mol. The van der Waals surface area contributed by atoms with Gasteiger partial charge in [-0.15, -0.1) is 0 Å². The van der Waals surface area contributed by atoms with E-state index in [1.807, 2.05) is 30.3 Å². The van der Waals surface area contributed by atoms with Gasteiger partial charge in [-0.3, -0.25) is 14.4 Å². The van der Waals surface area contributed by atoms with E-state index in [1.165, 1.54) is 11.8 Å². The molecule has 7 heteroatoms. The summed E-state index contributed by atoms with van der Waals surface area (Å²) in [6.45, 7) is 2.88. The Kier molecular flexibility index (Phi) is 6.72. The summed E-state index contributed by atoms with van der Waals surface area (Å²) < 4.78 is 28.5. The van der Waals surface area contributed by atoms with Crippen LogP contribution in [0.25, 0.3) is 11.1 Å². The number of ketones is 1. The molecule has 2 aliphatic carbocycles. The van der Waals surface area contributed by atoms with Gasteiger partial charge in [-0.05, 0) is 42.2 Å². The lowest BCUT2D eigenvalue weighted by Crippen LogP contribution is -2.46. The van der Waals surface area contributed by atoms with Crippen molar-refractivity contribution in [1.29, 1.82) is 0 Å². The van der Waals surface area contributed by atoms with Gasteiger partial charge >= 0.3 is 0 Å². The number of hydrogen-bond donors (Lipinski definition) is 1. The molecule has 1 aromatic rings. The number of carbonyl (C=O) groups excluding carboxylic acids is 3. The number of benzene rings is 1. The Hall–Kier alpha value is -3.61. The van der Waals surface area contributed by atoms with Crippen molar-refractivity contribution in [1.82, 2.24) is 10.2 Å². The largest absolute Gasteiger partial charge is 0.350 e. The third kappa shape index (κ3) is 4.69. The fraction of sp³-hybridized carbons (Fsp3) is 0.296. The van der Waals surface area contributed by atoms with Crippen LogP contribution in [0.3, 0.4) is 0 Å². The number of Topliss-reactive ketones (excluding diaryl/α,β-unsaturated/α-hetero) is 1. The van der Waals surface area contributed by atoms with Crippen molar-refractivity contribution >= 4 is 17.6 Å². The van der Waals surface area contributed by atoms with Gasteiger partial charge in [0.25, 0.3) is 0 Å². The van der Waals surface area contributed by atoms with E-state index in [-0.39, 0.29) is 31.7 Å². The van der Waals surface area contributed by atoms with Crippen LogP contribution in [0.4, 0.5) is 8.78 Å². The Morgan fingerprint density at radius 2 is 1.76 bits per heavy atom. The van der Waals surface area contributed by atoms with E-state index in [1.54, 1.807) is 31.2 Å². The van der Waals surface area contributed by atoms with Gasteiger partial charge in [-0.1, -0.05) is 48.5 Å². The molecule has 0 aromatic heterocycles. The standard InChI is InChI=1S/C27H26F2N2O3/c1-16-7-6-8-18(26(16)29)14-30-27(34)24-13-20(28)15-31(24)25(33)12-19-11-23(17(2)32)22-10-5-3-4-9-21(19)22/h3-11,20,24H,12-15H2,1-2H3,(H,30,34)/t20-,24+/m1/s1. The maximum absolute atomic E-state index is 14.3. The van der Waals surface area contributed by atoms with Crippen LogP contribution in [0.5, 0.6) is 0 Å². The molecule has 0 spiro atoms. The lowest BCUT2D eigenvalue weighted by Gasteiger charge is -2.24. The summed E-state index contributed by atoms with van der Waals surface area (Å²) in [5.74, 6) is -1.42. The number of likely N-dealkylation sites (tertiary alicyclic amines) is 1. The average molecular weight is 465 g/mol. The summed E-state index contributed by atoms with van der Waals surface area (Å²) >= 11 is 0. The van der Waals surface area contributed by atoms with Crippen LogP contribution < -0.4 is 5.32 Å². The van der Waals surface area contributed by atoms with Gasteiger partial charge in [0.2, 0.25) is 11.8 Å². The van der Waals surface area contributed by atoms with Gasteiger partial charge in [0.15, 0.2) is 5.78 Å². The number of fused-ring (bicyclic) bond motifs is 1. The molecule has 0 bridgehead atoms. The maximum Gasteiger partial charge on any atom is 0.243 e. The predicted molar refractivity (Wildman–Crippen MR) is 125 cm³/mol. The highest BCUT2D eigenvalue weighted by Crippen LogP contribution is 2.33. The van der Waals surface area contributed by atoms with Crippen LogP contribution in [-0.2, 0) is 22.6 Å². The zero-order valence-electron chi connectivity index (χ0n) is 19.1. The van der Waals surface area contributed by atoms with Crippen LogP contribution >= 0.6 is 0 Å². The molecule has 1 aromatic carbocycles. The van der Waals surface area contributed by atoms with Crippen LogP contribution in [0, 0.1) is 12.7 Å². The van der Waals surface area contributed by atoms with E-state index in [4.69, 9.17) is 0 Å². The molecular formula is C27H26F2N2O3. The number of aryl methyl sites for hydroxylation is 1. The van der Waals surface area contributed by atoms with Crippen molar-refractivity contribution in [2.24, 2.45) is 0 Å². The summed E-state index contributed by atoms with van der Waals surface area (Å²) in [5, 5.41) is 2.65. The molecule has 1 fully saturated rings. The Balaban J connectivity index is 1.51. The van der Waals surface area contributed by atoms with E-state index < -0.39 is 29.8 Å². The molecule has 34 heavy (non-hydrogen) atoms. The Morgan fingerprint density at radius 3 is 2.50 bits per heavy atom. The second-order valence-electron chi connectivity index (χ2n) is 8.71. The smallest absolute Gasteiger partial charge is 0.243 e. The first-order valence-electron chi connectivity index (χ1n) is 11.2. The van der Waals surface area contributed by atoms with Gasteiger partial charge in [-0.25, -0.2) is 8.78 Å². The Bertz CT molecular complexity index is 1230. The lowest BCUT2D eigenvalue weighted by atomic mass is 10.0. The third-order valence-electron chi connectivity index (χ3n) is 6.31. The number of nitrogens with one attached hydrogen (secondary N) is 1. The van der Waals surface area contributed by atoms with Gasteiger partial charge in [0.05, 0.1) is 13.0 Å². The second-order valence-corrected chi connectivity index (χ2v) is 8.71. The number of nitrogens with zero attached hydrogens (tertiary/aromatic N) is 1. The van der Waals surface area contributed by atoms with E-state index in [0.717, 1.165) is 11.1 Å². The van der Waals surface area contributed by atoms with Crippen LogP contribution in [-0.4, -0.2) is 41.3 Å². The minimum absolute atomic E-state index is 0.0478. The molecule has 0 saturated carbocycles. The summed E-state index contributed by atoms with van der Waals surface area (Å²) in [7, 11) is 0. The Labute approximate surface area is 197 Å². The molecule has 1 aliphatic heterocycles. The highest BCUT2D eigenvalue weighted by atomic mass is 19.1. The molecule has 0 radical (unpaired) electrons. The molecule has 2 amide bonds. The molecule has 4 rings (SSSR count). The summed E-state index contributed by atoms with van der Waals surface area (Å²) in [5.41, 5.74) is 3.50. The maximum atomic E-state index is 14.3.